The zero-order valence-corrected chi connectivity index (χ0v) is 15.0. The van der Waals surface area contributed by atoms with Crippen molar-refractivity contribution in [2.75, 3.05) is 25.7 Å². The summed E-state index contributed by atoms with van der Waals surface area (Å²) >= 11 is 0. The molecule has 1 saturated heterocycles. The molecule has 138 valence electrons. The topological polar surface area (TPSA) is 90.6 Å². The van der Waals surface area contributed by atoms with Gasteiger partial charge in [0.25, 0.3) is 0 Å². The van der Waals surface area contributed by atoms with Crippen LogP contribution in [0, 0.1) is 0 Å². The summed E-state index contributed by atoms with van der Waals surface area (Å²) in [7, 11) is 3.15. The Morgan fingerprint density at radius 3 is 2.70 bits per heavy atom. The van der Waals surface area contributed by atoms with Gasteiger partial charge in [-0.2, -0.15) is 4.98 Å². The highest BCUT2D eigenvalue weighted by Crippen LogP contribution is 2.38. The Kier molecular flexibility index (Phi) is 4.45. The molecule has 3 aromatic rings. The van der Waals surface area contributed by atoms with Crippen LogP contribution in [0.5, 0.6) is 11.5 Å². The van der Waals surface area contributed by atoms with Crippen LogP contribution >= 0.6 is 0 Å². The minimum Gasteiger partial charge on any atom is -0.497 e. The van der Waals surface area contributed by atoms with Crippen LogP contribution in [0.2, 0.25) is 0 Å². The molecule has 1 aliphatic heterocycles. The first-order chi connectivity index (χ1) is 13.2. The van der Waals surface area contributed by atoms with E-state index in [1.165, 1.54) is 0 Å². The summed E-state index contributed by atoms with van der Waals surface area (Å²) in [5, 5.41) is 4.03. The number of nitrogens with zero attached hydrogens (tertiary/aromatic N) is 4. The maximum Gasteiger partial charge on any atom is 0.232 e. The van der Waals surface area contributed by atoms with Crippen LogP contribution < -0.4 is 14.4 Å². The number of rotatable bonds is 5. The number of carbonyl (C=O) groups excluding carboxylic acids is 1. The van der Waals surface area contributed by atoms with Gasteiger partial charge in [-0.05, 0) is 24.3 Å². The highest BCUT2D eigenvalue weighted by Gasteiger charge is 2.36. The third kappa shape index (κ3) is 3.21. The van der Waals surface area contributed by atoms with E-state index in [1.54, 1.807) is 49.7 Å². The number of methoxy groups -OCH3 is 2. The normalized spacial score (nSPS) is 16.6. The molecule has 0 bridgehead atoms. The molecular formula is C19H18N4O4. The Morgan fingerprint density at radius 1 is 1.15 bits per heavy atom. The molecule has 1 aromatic carbocycles. The van der Waals surface area contributed by atoms with Gasteiger partial charge in [-0.1, -0.05) is 5.16 Å². The molecule has 1 unspecified atom stereocenters. The van der Waals surface area contributed by atoms with Crippen molar-refractivity contribution in [3.8, 4) is 22.9 Å². The molecule has 0 saturated carbocycles. The maximum absolute atomic E-state index is 12.6. The molecule has 0 aliphatic carbocycles. The first-order valence-electron chi connectivity index (χ1n) is 8.46. The van der Waals surface area contributed by atoms with Crippen molar-refractivity contribution in [2.24, 2.45) is 0 Å². The predicted octanol–water partition coefficient (Wildman–Crippen LogP) is 2.67. The standard InChI is InChI=1S/C19H18N4O4/c1-25-14-3-4-16(26-2)15(10-14)23-11-13(9-17(23)24)19-21-18(22-27-19)12-5-7-20-8-6-12/h3-8,10,13H,9,11H2,1-2H3. The molecule has 1 aliphatic rings. The van der Waals surface area contributed by atoms with Gasteiger partial charge in [0.05, 0.1) is 25.8 Å². The minimum atomic E-state index is -0.184. The lowest BCUT2D eigenvalue weighted by molar-refractivity contribution is -0.117. The molecule has 3 heterocycles. The molecule has 0 spiro atoms. The monoisotopic (exact) mass is 366 g/mol. The molecule has 1 amide bonds. The lowest BCUT2D eigenvalue weighted by Gasteiger charge is -2.20. The summed E-state index contributed by atoms with van der Waals surface area (Å²) in [6, 6.07) is 8.97. The molecule has 2 aromatic heterocycles. The second-order valence-corrected chi connectivity index (χ2v) is 6.14. The van der Waals surface area contributed by atoms with Crippen LogP contribution in [-0.2, 0) is 4.79 Å². The van der Waals surface area contributed by atoms with Crippen molar-refractivity contribution in [1.29, 1.82) is 0 Å². The lowest BCUT2D eigenvalue weighted by atomic mass is 10.1. The Morgan fingerprint density at radius 2 is 1.96 bits per heavy atom. The van der Waals surface area contributed by atoms with Gasteiger partial charge in [-0.25, -0.2) is 0 Å². The van der Waals surface area contributed by atoms with E-state index in [1.807, 2.05) is 12.1 Å². The van der Waals surface area contributed by atoms with E-state index >= 15 is 0 Å². The van der Waals surface area contributed by atoms with Crippen molar-refractivity contribution in [2.45, 2.75) is 12.3 Å². The fraction of sp³-hybridized carbons (Fsp3) is 0.263. The van der Waals surface area contributed by atoms with Gasteiger partial charge in [0.15, 0.2) is 0 Å². The fourth-order valence-electron chi connectivity index (χ4n) is 3.13. The van der Waals surface area contributed by atoms with Gasteiger partial charge in [0.1, 0.15) is 11.5 Å². The van der Waals surface area contributed by atoms with Gasteiger partial charge in [0, 0.05) is 37.0 Å². The Bertz CT molecular complexity index is 957. The Balaban J connectivity index is 1.59. The number of pyridine rings is 1. The largest absolute Gasteiger partial charge is 0.497 e. The van der Waals surface area contributed by atoms with E-state index < -0.39 is 0 Å². The summed E-state index contributed by atoms with van der Waals surface area (Å²) in [6.45, 7) is 0.431. The second-order valence-electron chi connectivity index (χ2n) is 6.14. The third-order valence-electron chi connectivity index (χ3n) is 4.53. The van der Waals surface area contributed by atoms with Crippen LogP contribution in [0.1, 0.15) is 18.2 Å². The summed E-state index contributed by atoms with van der Waals surface area (Å²) in [5.41, 5.74) is 1.48. The minimum absolute atomic E-state index is 0.0322. The number of carbonyl (C=O) groups is 1. The summed E-state index contributed by atoms with van der Waals surface area (Å²) in [6.07, 6.45) is 3.63. The third-order valence-corrected chi connectivity index (χ3v) is 4.53. The van der Waals surface area contributed by atoms with Gasteiger partial charge < -0.3 is 18.9 Å². The van der Waals surface area contributed by atoms with E-state index in [4.69, 9.17) is 14.0 Å². The summed E-state index contributed by atoms with van der Waals surface area (Å²) in [5.74, 6) is 1.97. The number of aromatic nitrogens is 3. The Hall–Kier alpha value is -3.42. The number of amides is 1. The van der Waals surface area contributed by atoms with Gasteiger partial charge in [0.2, 0.25) is 17.6 Å². The average molecular weight is 366 g/mol. The lowest BCUT2D eigenvalue weighted by Crippen LogP contribution is -2.24. The molecule has 1 atom stereocenters. The first kappa shape index (κ1) is 17.0. The molecule has 0 radical (unpaired) electrons. The molecule has 8 nitrogen and oxygen atoms in total. The molecular weight excluding hydrogens is 348 g/mol. The SMILES string of the molecule is COc1ccc(OC)c(N2CC(c3nc(-c4ccncc4)no3)CC2=O)c1. The molecule has 0 N–H and O–H groups in total. The van der Waals surface area contributed by atoms with Gasteiger partial charge in [-0.15, -0.1) is 0 Å². The second kappa shape index (κ2) is 7.06. The number of hydrogen-bond donors (Lipinski definition) is 0. The summed E-state index contributed by atoms with van der Waals surface area (Å²) < 4.78 is 16.1. The van der Waals surface area contributed by atoms with Gasteiger partial charge in [-0.3, -0.25) is 9.78 Å². The van der Waals surface area contributed by atoms with Crippen LogP contribution in [0.4, 0.5) is 5.69 Å². The first-order valence-corrected chi connectivity index (χ1v) is 8.46. The van der Waals surface area contributed by atoms with Crippen molar-refractivity contribution >= 4 is 11.6 Å². The van der Waals surface area contributed by atoms with E-state index in [-0.39, 0.29) is 11.8 Å². The van der Waals surface area contributed by atoms with Crippen molar-refractivity contribution in [3.63, 3.8) is 0 Å². The molecule has 1 fully saturated rings. The van der Waals surface area contributed by atoms with Crippen LogP contribution in [0.3, 0.4) is 0 Å². The van der Waals surface area contributed by atoms with E-state index in [9.17, 15) is 4.79 Å². The molecule has 27 heavy (non-hydrogen) atoms. The maximum atomic E-state index is 12.6. The fourth-order valence-corrected chi connectivity index (χ4v) is 3.13. The number of benzene rings is 1. The molecule has 4 rings (SSSR count). The van der Waals surface area contributed by atoms with E-state index in [0.717, 1.165) is 5.56 Å². The van der Waals surface area contributed by atoms with Gasteiger partial charge >= 0.3 is 0 Å². The summed E-state index contributed by atoms with van der Waals surface area (Å²) in [4.78, 5) is 22.7. The van der Waals surface area contributed by atoms with Crippen molar-refractivity contribution < 1.29 is 18.8 Å². The number of anilines is 1. The zero-order chi connectivity index (χ0) is 18.8. The van der Waals surface area contributed by atoms with E-state index in [0.29, 0.717) is 41.9 Å². The molecule has 8 heteroatoms. The van der Waals surface area contributed by atoms with Crippen LogP contribution in [0.25, 0.3) is 11.4 Å². The number of ether oxygens (including phenoxy) is 2. The predicted molar refractivity (Wildman–Crippen MR) is 96.8 cm³/mol. The average Bonchev–Trinajstić information content (AvgIpc) is 3.35. The highest BCUT2D eigenvalue weighted by atomic mass is 16.5. The van der Waals surface area contributed by atoms with Crippen molar-refractivity contribution in [3.05, 3.63) is 48.6 Å². The van der Waals surface area contributed by atoms with Crippen LogP contribution in [-0.4, -0.2) is 41.8 Å². The van der Waals surface area contributed by atoms with E-state index in [2.05, 4.69) is 15.1 Å². The van der Waals surface area contributed by atoms with Crippen molar-refractivity contribution in [1.82, 2.24) is 15.1 Å². The number of hydrogen-bond acceptors (Lipinski definition) is 7. The quantitative estimate of drug-likeness (QED) is 0.685. The smallest absolute Gasteiger partial charge is 0.232 e. The zero-order valence-electron chi connectivity index (χ0n) is 15.0. The van der Waals surface area contributed by atoms with Crippen LogP contribution in [0.15, 0.2) is 47.2 Å². The highest BCUT2D eigenvalue weighted by molar-refractivity contribution is 5.98. The Labute approximate surface area is 155 Å².